The molecule has 0 bridgehead atoms. The van der Waals surface area contributed by atoms with Crippen LogP contribution in [0.5, 0.6) is 0 Å². The molecular formula is C20H28N4O2S. The average Bonchev–Trinajstić information content (AvgIpc) is 3.03. The highest BCUT2D eigenvalue weighted by Crippen LogP contribution is 2.25. The topological polar surface area (TPSA) is 81.2 Å². The average molecular weight is 389 g/mol. The quantitative estimate of drug-likeness (QED) is 0.705. The third kappa shape index (κ3) is 5.03. The van der Waals surface area contributed by atoms with Gasteiger partial charge in [-0.3, -0.25) is 9.59 Å². The van der Waals surface area contributed by atoms with Gasteiger partial charge in [0.2, 0.25) is 11.8 Å². The van der Waals surface area contributed by atoms with Crippen LogP contribution in [0, 0.1) is 5.92 Å². The standard InChI is InChI=1S/C20H28N4O2S/c1-2-24-17-8-4-3-7-16(17)22-20(24)27-13-11-19(26)23-12-5-6-15(14-23)9-10-18(21)25/h3-4,7-8,15H,2,5-6,9-14H2,1H3,(H2,21,25)/t15-/m0/s1. The van der Waals surface area contributed by atoms with Crippen molar-refractivity contribution in [2.45, 2.75) is 50.7 Å². The molecule has 2 heterocycles. The number of amides is 2. The van der Waals surface area contributed by atoms with Gasteiger partial charge in [0.25, 0.3) is 0 Å². The maximum absolute atomic E-state index is 12.6. The van der Waals surface area contributed by atoms with Crippen molar-refractivity contribution in [1.29, 1.82) is 0 Å². The van der Waals surface area contributed by atoms with E-state index in [1.54, 1.807) is 11.8 Å². The molecule has 1 aliphatic rings. The Balaban J connectivity index is 1.51. The molecule has 0 radical (unpaired) electrons. The van der Waals surface area contributed by atoms with Crippen molar-refractivity contribution in [2.75, 3.05) is 18.8 Å². The number of imidazole rings is 1. The molecule has 6 nitrogen and oxygen atoms in total. The predicted octanol–water partition coefficient (Wildman–Crippen LogP) is 3.04. The maximum Gasteiger partial charge on any atom is 0.223 e. The van der Waals surface area contributed by atoms with Crippen LogP contribution in [0.3, 0.4) is 0 Å². The second-order valence-electron chi connectivity index (χ2n) is 7.08. The molecule has 1 atom stereocenters. The van der Waals surface area contributed by atoms with Gasteiger partial charge in [0.1, 0.15) is 0 Å². The molecule has 1 fully saturated rings. The van der Waals surface area contributed by atoms with E-state index in [0.29, 0.717) is 18.8 Å². The number of para-hydroxylation sites is 2. The van der Waals surface area contributed by atoms with Gasteiger partial charge in [0.05, 0.1) is 11.0 Å². The molecule has 0 spiro atoms. The van der Waals surface area contributed by atoms with Gasteiger partial charge < -0.3 is 15.2 Å². The van der Waals surface area contributed by atoms with Crippen molar-refractivity contribution in [3.63, 3.8) is 0 Å². The summed E-state index contributed by atoms with van der Waals surface area (Å²) in [6.45, 7) is 4.56. The Morgan fingerprint density at radius 2 is 2.11 bits per heavy atom. The Hall–Kier alpha value is -2.02. The Morgan fingerprint density at radius 1 is 1.30 bits per heavy atom. The molecule has 1 aromatic carbocycles. The van der Waals surface area contributed by atoms with Crippen LogP contribution < -0.4 is 5.73 Å². The van der Waals surface area contributed by atoms with Crippen LogP contribution in [0.2, 0.25) is 0 Å². The van der Waals surface area contributed by atoms with Gasteiger partial charge in [-0.25, -0.2) is 4.98 Å². The number of nitrogens with zero attached hydrogens (tertiary/aromatic N) is 3. The molecule has 2 amide bonds. The van der Waals surface area contributed by atoms with Crippen LogP contribution in [0.15, 0.2) is 29.4 Å². The smallest absolute Gasteiger partial charge is 0.223 e. The summed E-state index contributed by atoms with van der Waals surface area (Å²) in [6.07, 6.45) is 3.80. The SMILES string of the molecule is CCn1c(SCCC(=O)N2CCC[C@@H](CCC(N)=O)C2)nc2ccccc21. The van der Waals surface area contributed by atoms with Gasteiger partial charge in [-0.15, -0.1) is 0 Å². The number of benzene rings is 1. The number of carbonyl (C=O) groups excluding carboxylic acids is 2. The first-order valence-electron chi connectivity index (χ1n) is 9.72. The molecule has 1 saturated heterocycles. The fourth-order valence-electron chi connectivity index (χ4n) is 3.73. The molecule has 7 heteroatoms. The van der Waals surface area contributed by atoms with Crippen molar-refractivity contribution in [2.24, 2.45) is 11.7 Å². The zero-order valence-corrected chi connectivity index (χ0v) is 16.7. The fraction of sp³-hybridized carbons (Fsp3) is 0.550. The van der Waals surface area contributed by atoms with Crippen LogP contribution in [0.1, 0.15) is 39.0 Å². The van der Waals surface area contributed by atoms with E-state index in [9.17, 15) is 9.59 Å². The van der Waals surface area contributed by atoms with Crippen LogP contribution in [0.4, 0.5) is 0 Å². The summed E-state index contributed by atoms with van der Waals surface area (Å²) in [5.74, 6) is 1.07. The van der Waals surface area contributed by atoms with Crippen LogP contribution in [-0.4, -0.2) is 45.1 Å². The van der Waals surface area contributed by atoms with E-state index in [4.69, 9.17) is 10.7 Å². The first kappa shape index (κ1) is 19.7. The molecule has 3 rings (SSSR count). The first-order chi connectivity index (χ1) is 13.1. The van der Waals surface area contributed by atoms with E-state index >= 15 is 0 Å². The fourth-order valence-corrected chi connectivity index (χ4v) is 4.74. The Morgan fingerprint density at radius 3 is 2.89 bits per heavy atom. The summed E-state index contributed by atoms with van der Waals surface area (Å²) in [6, 6.07) is 8.13. The maximum atomic E-state index is 12.6. The van der Waals surface area contributed by atoms with Crippen LogP contribution >= 0.6 is 11.8 Å². The molecule has 146 valence electrons. The van der Waals surface area contributed by atoms with E-state index in [1.165, 1.54) is 0 Å². The lowest BCUT2D eigenvalue weighted by Gasteiger charge is -2.32. The number of piperidine rings is 1. The number of thioether (sulfide) groups is 1. The number of rotatable bonds is 8. The van der Waals surface area contributed by atoms with Gasteiger partial charge in [-0.2, -0.15) is 0 Å². The van der Waals surface area contributed by atoms with Gasteiger partial charge in [0, 0.05) is 38.2 Å². The first-order valence-corrected chi connectivity index (χ1v) is 10.7. The van der Waals surface area contributed by atoms with Gasteiger partial charge in [-0.05, 0) is 44.2 Å². The lowest BCUT2D eigenvalue weighted by Crippen LogP contribution is -2.40. The van der Waals surface area contributed by atoms with Crippen molar-refractivity contribution in [3.05, 3.63) is 24.3 Å². The minimum atomic E-state index is -0.256. The second kappa shape index (κ2) is 9.26. The van der Waals surface area contributed by atoms with E-state index in [2.05, 4.69) is 17.6 Å². The molecule has 0 unspecified atom stereocenters. The van der Waals surface area contributed by atoms with Crippen LogP contribution in [-0.2, 0) is 16.1 Å². The Labute approximate surface area is 164 Å². The highest BCUT2D eigenvalue weighted by atomic mass is 32.2. The monoisotopic (exact) mass is 388 g/mol. The molecule has 0 aliphatic carbocycles. The Kier molecular flexibility index (Phi) is 6.77. The summed E-state index contributed by atoms with van der Waals surface area (Å²) in [5.41, 5.74) is 7.39. The lowest BCUT2D eigenvalue weighted by atomic mass is 9.93. The molecule has 0 saturated carbocycles. The van der Waals surface area contributed by atoms with Crippen molar-refractivity contribution in [3.8, 4) is 0 Å². The van der Waals surface area contributed by atoms with Crippen molar-refractivity contribution in [1.82, 2.24) is 14.5 Å². The van der Waals surface area contributed by atoms with E-state index in [0.717, 1.165) is 60.8 Å². The minimum absolute atomic E-state index is 0.199. The Bertz CT molecular complexity index is 804. The minimum Gasteiger partial charge on any atom is -0.370 e. The zero-order valence-electron chi connectivity index (χ0n) is 15.9. The number of likely N-dealkylation sites (tertiary alicyclic amines) is 1. The predicted molar refractivity (Wildman–Crippen MR) is 108 cm³/mol. The molecule has 1 aromatic heterocycles. The summed E-state index contributed by atoms with van der Waals surface area (Å²) in [5, 5.41) is 0.976. The molecule has 2 N–H and O–H groups in total. The third-order valence-electron chi connectivity index (χ3n) is 5.15. The molecule has 1 aliphatic heterocycles. The number of hydrogen-bond donors (Lipinski definition) is 1. The highest BCUT2D eigenvalue weighted by Gasteiger charge is 2.23. The third-order valence-corrected chi connectivity index (χ3v) is 6.13. The van der Waals surface area contributed by atoms with Gasteiger partial charge >= 0.3 is 0 Å². The van der Waals surface area contributed by atoms with Gasteiger partial charge in [-0.1, -0.05) is 23.9 Å². The zero-order chi connectivity index (χ0) is 19.2. The normalized spacial score (nSPS) is 17.4. The summed E-state index contributed by atoms with van der Waals surface area (Å²) in [4.78, 5) is 30.2. The number of carbonyl (C=O) groups is 2. The molecule has 2 aromatic rings. The van der Waals surface area contributed by atoms with E-state index in [-0.39, 0.29) is 11.8 Å². The molecular weight excluding hydrogens is 360 g/mol. The van der Waals surface area contributed by atoms with Crippen molar-refractivity contribution < 1.29 is 9.59 Å². The van der Waals surface area contributed by atoms with Gasteiger partial charge in [0.15, 0.2) is 5.16 Å². The number of aromatic nitrogens is 2. The number of primary amides is 1. The van der Waals surface area contributed by atoms with Crippen molar-refractivity contribution >= 4 is 34.6 Å². The van der Waals surface area contributed by atoms with Crippen LogP contribution in [0.25, 0.3) is 11.0 Å². The number of fused-ring (bicyclic) bond motifs is 1. The summed E-state index contributed by atoms with van der Waals surface area (Å²) in [7, 11) is 0. The number of hydrogen-bond acceptors (Lipinski definition) is 4. The second-order valence-corrected chi connectivity index (χ2v) is 8.14. The van der Waals surface area contributed by atoms with E-state index in [1.807, 2.05) is 23.1 Å². The summed E-state index contributed by atoms with van der Waals surface area (Å²) >= 11 is 1.65. The van der Waals surface area contributed by atoms with E-state index < -0.39 is 0 Å². The molecule has 27 heavy (non-hydrogen) atoms. The highest BCUT2D eigenvalue weighted by molar-refractivity contribution is 7.99. The number of aryl methyl sites for hydroxylation is 1. The summed E-state index contributed by atoms with van der Waals surface area (Å²) < 4.78 is 2.20. The number of nitrogens with two attached hydrogens (primary N) is 1. The lowest BCUT2D eigenvalue weighted by molar-refractivity contribution is -0.132. The largest absolute Gasteiger partial charge is 0.370 e.